The zero-order valence-corrected chi connectivity index (χ0v) is 21.9. The van der Waals surface area contributed by atoms with Crippen molar-refractivity contribution in [1.82, 2.24) is 5.43 Å². The van der Waals surface area contributed by atoms with Gasteiger partial charge in [-0.15, -0.1) is 0 Å². The number of ether oxygens (including phenoxy) is 3. The van der Waals surface area contributed by atoms with Gasteiger partial charge in [0.1, 0.15) is 17.2 Å². The maximum atomic E-state index is 12.6. The zero-order chi connectivity index (χ0) is 25.4. The number of hydrogen-bond acceptors (Lipinski definition) is 6. The molecule has 0 unspecified atom stereocenters. The second-order valence-electron chi connectivity index (χ2n) is 7.10. The van der Waals surface area contributed by atoms with Gasteiger partial charge in [0, 0.05) is 15.1 Å². The molecule has 0 radical (unpaired) electrons. The van der Waals surface area contributed by atoms with Gasteiger partial charge in [-0.05, 0) is 74.5 Å². The molecular weight excluding hydrogens is 559 g/mol. The summed E-state index contributed by atoms with van der Waals surface area (Å²) in [6.07, 6.45) is 0.483. The number of nitrogens with one attached hydrogen (secondary N) is 1. The molecule has 0 aromatic heterocycles. The molecule has 1 N–H and O–H groups in total. The monoisotopic (exact) mass is 578 g/mol. The first-order valence-electron chi connectivity index (χ1n) is 10.5. The first-order valence-corrected chi connectivity index (χ1v) is 12.0. The minimum atomic E-state index is -0.884. The van der Waals surface area contributed by atoms with Gasteiger partial charge in [0.05, 0.1) is 23.4 Å². The molecule has 7 nitrogen and oxygen atoms in total. The molecule has 0 aliphatic rings. The third-order valence-corrected chi connectivity index (χ3v) is 5.54. The summed E-state index contributed by atoms with van der Waals surface area (Å²) in [6.45, 7) is 3.96. The van der Waals surface area contributed by atoms with Crippen molar-refractivity contribution >= 4 is 57.2 Å². The molecule has 35 heavy (non-hydrogen) atoms. The van der Waals surface area contributed by atoms with E-state index in [1.54, 1.807) is 61.5 Å². The Labute approximate surface area is 221 Å². The van der Waals surface area contributed by atoms with E-state index in [2.05, 4.69) is 26.5 Å². The third-order valence-electron chi connectivity index (χ3n) is 4.52. The Hall–Kier alpha value is -3.07. The van der Waals surface area contributed by atoms with Crippen LogP contribution in [0.2, 0.25) is 10.0 Å². The van der Waals surface area contributed by atoms with Crippen LogP contribution in [-0.4, -0.2) is 30.8 Å². The van der Waals surface area contributed by atoms with E-state index in [1.807, 2.05) is 6.92 Å². The first kappa shape index (κ1) is 26.5. The SMILES string of the molecule is CCOc1ccc(C(=O)Oc2ccc(Br)cc2/C=N\NC(=O)[C@H](C)Oc2ccc(Cl)cc2Cl)cc1. The Morgan fingerprint density at radius 3 is 2.46 bits per heavy atom. The molecule has 0 heterocycles. The summed E-state index contributed by atoms with van der Waals surface area (Å²) in [7, 11) is 0. The molecule has 10 heteroatoms. The van der Waals surface area contributed by atoms with Crippen LogP contribution >= 0.6 is 39.1 Å². The van der Waals surface area contributed by atoms with E-state index in [1.165, 1.54) is 12.3 Å². The lowest BCUT2D eigenvalue weighted by molar-refractivity contribution is -0.127. The summed E-state index contributed by atoms with van der Waals surface area (Å²) < 4.78 is 17.2. The van der Waals surface area contributed by atoms with Crippen LogP contribution in [0, 0.1) is 0 Å². The predicted molar refractivity (Wildman–Crippen MR) is 139 cm³/mol. The number of carbonyl (C=O) groups excluding carboxylic acids is 2. The normalized spacial score (nSPS) is 11.7. The average Bonchev–Trinajstić information content (AvgIpc) is 2.83. The molecule has 1 atom stereocenters. The van der Waals surface area contributed by atoms with Crippen LogP contribution in [-0.2, 0) is 4.79 Å². The molecule has 0 fully saturated rings. The molecular formula is C25H21BrCl2N2O5. The van der Waals surface area contributed by atoms with Crippen molar-refractivity contribution in [2.45, 2.75) is 20.0 Å². The predicted octanol–water partition coefficient (Wildman–Crippen LogP) is 6.29. The second kappa shape index (κ2) is 12.6. The molecule has 3 rings (SSSR count). The summed E-state index contributed by atoms with van der Waals surface area (Å²) in [5.74, 6) is 0.194. The van der Waals surface area contributed by atoms with E-state index < -0.39 is 18.0 Å². The standard InChI is InChI=1S/C25H21BrCl2N2O5/c1-3-33-20-8-4-16(5-9-20)25(32)35-22-10-6-18(26)12-17(22)14-29-30-24(31)15(2)34-23-11-7-19(27)13-21(23)28/h4-15H,3H2,1-2H3,(H,30,31)/b29-14-/t15-/m0/s1. The summed E-state index contributed by atoms with van der Waals surface area (Å²) in [5.41, 5.74) is 3.23. The summed E-state index contributed by atoms with van der Waals surface area (Å²) in [5, 5.41) is 4.71. The second-order valence-corrected chi connectivity index (χ2v) is 8.86. The highest BCUT2D eigenvalue weighted by Crippen LogP contribution is 2.28. The van der Waals surface area contributed by atoms with E-state index >= 15 is 0 Å². The Bertz CT molecular complexity index is 1240. The summed E-state index contributed by atoms with van der Waals surface area (Å²) >= 11 is 15.3. The van der Waals surface area contributed by atoms with Crippen LogP contribution in [0.15, 0.2) is 70.2 Å². The highest BCUT2D eigenvalue weighted by Gasteiger charge is 2.16. The molecule has 0 aliphatic heterocycles. The first-order chi connectivity index (χ1) is 16.8. The van der Waals surface area contributed by atoms with Gasteiger partial charge in [-0.2, -0.15) is 5.10 Å². The number of esters is 1. The van der Waals surface area contributed by atoms with Gasteiger partial charge < -0.3 is 14.2 Å². The molecule has 3 aromatic carbocycles. The van der Waals surface area contributed by atoms with Gasteiger partial charge in [0.15, 0.2) is 6.10 Å². The van der Waals surface area contributed by atoms with E-state index in [4.69, 9.17) is 37.4 Å². The van der Waals surface area contributed by atoms with Crippen molar-refractivity contribution in [3.63, 3.8) is 0 Å². The van der Waals surface area contributed by atoms with Gasteiger partial charge in [-0.3, -0.25) is 4.79 Å². The molecule has 0 bridgehead atoms. The van der Waals surface area contributed by atoms with Crippen LogP contribution in [0.5, 0.6) is 17.2 Å². The van der Waals surface area contributed by atoms with E-state index in [9.17, 15) is 9.59 Å². The minimum Gasteiger partial charge on any atom is -0.494 e. The number of rotatable bonds is 9. The zero-order valence-electron chi connectivity index (χ0n) is 18.8. The molecule has 0 spiro atoms. The van der Waals surface area contributed by atoms with Crippen molar-refractivity contribution in [2.24, 2.45) is 5.10 Å². The number of hydrogen-bond donors (Lipinski definition) is 1. The fraction of sp³-hybridized carbons (Fsp3) is 0.160. The highest BCUT2D eigenvalue weighted by molar-refractivity contribution is 9.10. The maximum Gasteiger partial charge on any atom is 0.343 e. The molecule has 182 valence electrons. The lowest BCUT2D eigenvalue weighted by atomic mass is 10.2. The van der Waals surface area contributed by atoms with E-state index in [0.717, 1.165) is 4.47 Å². The molecule has 0 aliphatic carbocycles. The Kier molecular flexibility index (Phi) is 9.54. The number of amides is 1. The van der Waals surface area contributed by atoms with Gasteiger partial charge in [-0.1, -0.05) is 39.1 Å². The van der Waals surface area contributed by atoms with Crippen molar-refractivity contribution in [3.05, 3.63) is 86.3 Å². The average molecular weight is 580 g/mol. The molecule has 1 amide bonds. The van der Waals surface area contributed by atoms with Gasteiger partial charge >= 0.3 is 5.97 Å². The quantitative estimate of drug-likeness (QED) is 0.139. The number of halogens is 3. The van der Waals surface area contributed by atoms with E-state index in [0.29, 0.717) is 34.3 Å². The minimum absolute atomic E-state index is 0.266. The Morgan fingerprint density at radius 2 is 1.77 bits per heavy atom. The van der Waals surface area contributed by atoms with Crippen molar-refractivity contribution < 1.29 is 23.8 Å². The van der Waals surface area contributed by atoms with Crippen LogP contribution in [0.1, 0.15) is 29.8 Å². The number of benzene rings is 3. The van der Waals surface area contributed by atoms with Crippen LogP contribution in [0.3, 0.4) is 0 Å². The molecule has 0 saturated heterocycles. The van der Waals surface area contributed by atoms with Crippen LogP contribution < -0.4 is 19.6 Å². The largest absolute Gasteiger partial charge is 0.494 e. The van der Waals surface area contributed by atoms with Crippen LogP contribution in [0.25, 0.3) is 0 Å². The van der Waals surface area contributed by atoms with Gasteiger partial charge in [-0.25, -0.2) is 10.2 Å². The molecule has 0 saturated carbocycles. The van der Waals surface area contributed by atoms with Gasteiger partial charge in [0.25, 0.3) is 5.91 Å². The number of carbonyl (C=O) groups is 2. The smallest absolute Gasteiger partial charge is 0.343 e. The fourth-order valence-electron chi connectivity index (χ4n) is 2.80. The van der Waals surface area contributed by atoms with E-state index in [-0.39, 0.29) is 10.8 Å². The number of hydrazone groups is 1. The molecule has 3 aromatic rings. The van der Waals surface area contributed by atoms with Crippen LogP contribution in [0.4, 0.5) is 0 Å². The maximum absolute atomic E-state index is 12.6. The van der Waals surface area contributed by atoms with Crippen molar-refractivity contribution in [1.29, 1.82) is 0 Å². The summed E-state index contributed by atoms with van der Waals surface area (Å²) in [4.78, 5) is 25.0. The Balaban J connectivity index is 1.65. The topological polar surface area (TPSA) is 86.2 Å². The number of nitrogens with zero attached hydrogens (tertiary/aromatic N) is 1. The Morgan fingerprint density at radius 1 is 1.06 bits per heavy atom. The van der Waals surface area contributed by atoms with Crippen molar-refractivity contribution in [3.8, 4) is 17.2 Å². The summed E-state index contributed by atoms with van der Waals surface area (Å²) in [6, 6.07) is 16.4. The lowest BCUT2D eigenvalue weighted by Crippen LogP contribution is -2.33. The fourth-order valence-corrected chi connectivity index (χ4v) is 3.63. The van der Waals surface area contributed by atoms with Gasteiger partial charge in [0.2, 0.25) is 0 Å². The third kappa shape index (κ3) is 7.71. The lowest BCUT2D eigenvalue weighted by Gasteiger charge is -2.14. The van der Waals surface area contributed by atoms with Crippen molar-refractivity contribution in [2.75, 3.05) is 6.61 Å². The highest BCUT2D eigenvalue weighted by atomic mass is 79.9.